The maximum atomic E-state index is 13.1. The predicted octanol–water partition coefficient (Wildman–Crippen LogP) is 4.51. The summed E-state index contributed by atoms with van der Waals surface area (Å²) in [7, 11) is -3.60. The Balaban J connectivity index is 1.36. The van der Waals surface area contributed by atoms with Crippen LogP contribution in [-0.4, -0.2) is 44.8 Å². The van der Waals surface area contributed by atoms with Crippen LogP contribution >= 0.6 is 0 Å². The fourth-order valence-corrected chi connectivity index (χ4v) is 6.57. The molecule has 2 aromatic rings. The lowest BCUT2D eigenvalue weighted by Crippen LogP contribution is -2.45. The quantitative estimate of drug-likeness (QED) is 0.656. The van der Waals surface area contributed by atoms with Crippen LogP contribution in [0.2, 0.25) is 0 Å². The first-order valence-electron chi connectivity index (χ1n) is 12.5. The van der Waals surface area contributed by atoms with E-state index in [0.29, 0.717) is 19.4 Å². The van der Waals surface area contributed by atoms with Crippen LogP contribution in [0.5, 0.6) is 0 Å². The third kappa shape index (κ3) is 5.63. The zero-order valence-corrected chi connectivity index (χ0v) is 21.4. The average Bonchev–Trinajstić information content (AvgIpc) is 2.84. The SMILES string of the molecule is Cc1ccc(S(=O)(=O)N2CCC[C@H](C(=O)N[C@@H](C)c3ccc(N4CCC[C@@H](C)C4)cc3)C2)cc1. The number of amides is 1. The number of anilines is 1. The Morgan fingerprint density at radius 1 is 0.971 bits per heavy atom. The number of carbonyl (C=O) groups excluding carboxylic acids is 1. The molecule has 2 aliphatic heterocycles. The van der Waals surface area contributed by atoms with Gasteiger partial charge in [-0.25, -0.2) is 8.42 Å². The summed E-state index contributed by atoms with van der Waals surface area (Å²) in [4.78, 5) is 15.8. The van der Waals surface area contributed by atoms with Crippen LogP contribution < -0.4 is 10.2 Å². The first-order valence-corrected chi connectivity index (χ1v) is 13.9. The molecule has 3 atom stereocenters. The van der Waals surface area contributed by atoms with E-state index in [1.165, 1.54) is 22.8 Å². The van der Waals surface area contributed by atoms with Crippen molar-refractivity contribution in [1.82, 2.24) is 9.62 Å². The third-order valence-corrected chi connectivity index (χ3v) is 9.07. The monoisotopic (exact) mass is 483 g/mol. The largest absolute Gasteiger partial charge is 0.371 e. The number of aryl methyl sites for hydroxylation is 1. The summed E-state index contributed by atoms with van der Waals surface area (Å²) in [5.74, 6) is 0.298. The molecule has 2 fully saturated rings. The Hall–Kier alpha value is -2.38. The van der Waals surface area contributed by atoms with Gasteiger partial charge in [0.2, 0.25) is 15.9 Å². The van der Waals surface area contributed by atoms with Crippen LogP contribution in [0, 0.1) is 18.8 Å². The van der Waals surface area contributed by atoms with Crippen molar-refractivity contribution in [3.63, 3.8) is 0 Å². The van der Waals surface area contributed by atoms with Crippen LogP contribution in [0.15, 0.2) is 53.4 Å². The van der Waals surface area contributed by atoms with E-state index in [4.69, 9.17) is 0 Å². The standard InChI is InChI=1S/C27H37N3O3S/c1-20-8-14-26(15-9-20)34(32,33)30-17-5-7-24(19-30)27(31)28-22(3)23-10-12-25(13-11-23)29-16-4-6-21(2)18-29/h8-15,21-22,24H,4-7,16-19H2,1-3H3,(H,28,31)/t21-,22+,24+/m1/s1. The van der Waals surface area contributed by atoms with Gasteiger partial charge in [0.05, 0.1) is 16.9 Å². The molecule has 0 spiro atoms. The van der Waals surface area contributed by atoms with Gasteiger partial charge >= 0.3 is 0 Å². The average molecular weight is 484 g/mol. The normalized spacial score (nSPS) is 22.9. The van der Waals surface area contributed by atoms with Gasteiger partial charge in [-0.1, -0.05) is 36.8 Å². The molecule has 0 unspecified atom stereocenters. The summed E-state index contributed by atoms with van der Waals surface area (Å²) >= 11 is 0. The maximum Gasteiger partial charge on any atom is 0.243 e. The molecule has 4 rings (SSSR count). The number of hydrogen-bond donors (Lipinski definition) is 1. The van der Waals surface area contributed by atoms with E-state index in [2.05, 4.69) is 41.4 Å². The molecule has 2 aliphatic rings. The van der Waals surface area contributed by atoms with Crippen molar-refractivity contribution in [2.75, 3.05) is 31.1 Å². The highest BCUT2D eigenvalue weighted by atomic mass is 32.2. The van der Waals surface area contributed by atoms with E-state index in [9.17, 15) is 13.2 Å². The van der Waals surface area contributed by atoms with Gasteiger partial charge in [0.25, 0.3) is 0 Å². The Morgan fingerprint density at radius 2 is 1.65 bits per heavy atom. The molecular weight excluding hydrogens is 446 g/mol. The minimum absolute atomic E-state index is 0.0785. The minimum Gasteiger partial charge on any atom is -0.371 e. The third-order valence-electron chi connectivity index (χ3n) is 7.19. The number of carbonyl (C=O) groups is 1. The van der Waals surface area contributed by atoms with Crippen molar-refractivity contribution in [3.05, 3.63) is 59.7 Å². The molecular formula is C27H37N3O3S. The maximum absolute atomic E-state index is 13.1. The summed E-state index contributed by atoms with van der Waals surface area (Å²) < 4.78 is 27.6. The molecule has 7 heteroatoms. The molecule has 0 radical (unpaired) electrons. The van der Waals surface area contributed by atoms with Crippen molar-refractivity contribution in [2.45, 2.75) is 57.4 Å². The van der Waals surface area contributed by atoms with E-state index >= 15 is 0 Å². The lowest BCUT2D eigenvalue weighted by Gasteiger charge is -2.33. The first-order chi connectivity index (χ1) is 16.2. The van der Waals surface area contributed by atoms with Crippen LogP contribution in [-0.2, 0) is 14.8 Å². The van der Waals surface area contributed by atoms with Gasteiger partial charge < -0.3 is 10.2 Å². The summed E-state index contributed by atoms with van der Waals surface area (Å²) in [5.41, 5.74) is 3.31. The van der Waals surface area contributed by atoms with Gasteiger partial charge in [0.1, 0.15) is 0 Å². The first kappa shape index (κ1) is 24.7. The molecule has 1 N–H and O–H groups in total. The summed E-state index contributed by atoms with van der Waals surface area (Å²) in [6.45, 7) is 9.08. The van der Waals surface area contributed by atoms with Gasteiger partial charge in [-0.3, -0.25) is 4.79 Å². The Morgan fingerprint density at radius 3 is 2.32 bits per heavy atom. The number of piperidine rings is 2. The van der Waals surface area contributed by atoms with E-state index in [1.807, 2.05) is 13.8 Å². The van der Waals surface area contributed by atoms with Crippen molar-refractivity contribution in [1.29, 1.82) is 0 Å². The zero-order chi connectivity index (χ0) is 24.3. The highest BCUT2D eigenvalue weighted by Gasteiger charge is 2.33. The lowest BCUT2D eigenvalue weighted by molar-refractivity contribution is -0.126. The van der Waals surface area contributed by atoms with Gasteiger partial charge in [-0.2, -0.15) is 4.31 Å². The number of benzene rings is 2. The lowest BCUT2D eigenvalue weighted by atomic mass is 9.97. The summed E-state index contributed by atoms with van der Waals surface area (Å²) in [5, 5.41) is 3.12. The number of sulfonamides is 1. The van der Waals surface area contributed by atoms with Crippen LogP contribution in [0.3, 0.4) is 0 Å². The van der Waals surface area contributed by atoms with Gasteiger partial charge in [-0.05, 0) is 75.3 Å². The second-order valence-electron chi connectivity index (χ2n) is 10.0. The van der Waals surface area contributed by atoms with Crippen LogP contribution in [0.25, 0.3) is 0 Å². The van der Waals surface area contributed by atoms with E-state index < -0.39 is 10.0 Å². The number of hydrogen-bond acceptors (Lipinski definition) is 4. The molecule has 184 valence electrons. The van der Waals surface area contributed by atoms with E-state index in [-0.39, 0.29) is 29.3 Å². The molecule has 2 saturated heterocycles. The molecule has 34 heavy (non-hydrogen) atoms. The molecule has 2 aromatic carbocycles. The number of rotatable bonds is 6. The number of nitrogens with zero attached hydrogens (tertiary/aromatic N) is 2. The second-order valence-corrected chi connectivity index (χ2v) is 12.0. The molecule has 0 bridgehead atoms. The zero-order valence-electron chi connectivity index (χ0n) is 20.5. The van der Waals surface area contributed by atoms with E-state index in [0.717, 1.165) is 30.1 Å². The Bertz CT molecular complexity index is 1080. The molecule has 0 aliphatic carbocycles. The predicted molar refractivity (Wildman–Crippen MR) is 136 cm³/mol. The van der Waals surface area contributed by atoms with Crippen LogP contribution in [0.1, 0.15) is 56.7 Å². The Labute approximate surface area is 204 Å². The fourth-order valence-electron chi connectivity index (χ4n) is 5.05. The molecule has 6 nitrogen and oxygen atoms in total. The summed E-state index contributed by atoms with van der Waals surface area (Å²) in [6, 6.07) is 15.2. The highest BCUT2D eigenvalue weighted by Crippen LogP contribution is 2.27. The second kappa shape index (κ2) is 10.5. The topological polar surface area (TPSA) is 69.7 Å². The van der Waals surface area contributed by atoms with Crippen molar-refractivity contribution >= 4 is 21.6 Å². The molecule has 1 amide bonds. The van der Waals surface area contributed by atoms with Crippen molar-refractivity contribution in [2.24, 2.45) is 11.8 Å². The van der Waals surface area contributed by atoms with Gasteiger partial charge in [-0.15, -0.1) is 0 Å². The Kier molecular flexibility index (Phi) is 7.63. The van der Waals surface area contributed by atoms with Crippen molar-refractivity contribution in [3.8, 4) is 0 Å². The van der Waals surface area contributed by atoms with Gasteiger partial charge in [0, 0.05) is 31.9 Å². The highest BCUT2D eigenvalue weighted by molar-refractivity contribution is 7.89. The van der Waals surface area contributed by atoms with Crippen molar-refractivity contribution < 1.29 is 13.2 Å². The fraction of sp³-hybridized carbons (Fsp3) is 0.519. The smallest absolute Gasteiger partial charge is 0.243 e. The van der Waals surface area contributed by atoms with Crippen LogP contribution in [0.4, 0.5) is 5.69 Å². The van der Waals surface area contributed by atoms with Gasteiger partial charge in [0.15, 0.2) is 0 Å². The molecule has 0 aromatic heterocycles. The minimum atomic E-state index is -3.60. The van der Waals surface area contributed by atoms with E-state index in [1.54, 1.807) is 24.3 Å². The molecule has 2 heterocycles. The number of nitrogens with one attached hydrogen (secondary N) is 1. The molecule has 0 saturated carbocycles. The summed E-state index contributed by atoms with van der Waals surface area (Å²) in [6.07, 6.45) is 3.90.